The van der Waals surface area contributed by atoms with Crippen LogP contribution in [-0.4, -0.2) is 20.9 Å². The zero-order valence-corrected chi connectivity index (χ0v) is 22.3. The smallest absolute Gasteiger partial charge is 0.268 e. The van der Waals surface area contributed by atoms with Crippen LogP contribution in [0.25, 0.3) is 0 Å². The minimum atomic E-state index is -4.26. The van der Waals surface area contributed by atoms with Crippen LogP contribution in [0.2, 0.25) is 5.02 Å². The number of ether oxygens (including phenoxy) is 2. The molecule has 3 aromatic rings. The van der Waals surface area contributed by atoms with E-state index in [1.807, 2.05) is 30.7 Å². The summed E-state index contributed by atoms with van der Waals surface area (Å²) in [7, 11) is -4.26. The summed E-state index contributed by atoms with van der Waals surface area (Å²) < 4.78 is 53.5. The van der Waals surface area contributed by atoms with Crippen molar-refractivity contribution < 1.29 is 27.1 Å². The number of benzene rings is 3. The van der Waals surface area contributed by atoms with Gasteiger partial charge in [0.1, 0.15) is 23.9 Å². The molecule has 196 valence electrons. The normalized spacial score (nSPS) is 13.9. The van der Waals surface area contributed by atoms with Crippen LogP contribution in [0.5, 0.6) is 11.5 Å². The van der Waals surface area contributed by atoms with Crippen molar-refractivity contribution in [3.05, 3.63) is 87.7 Å². The Kier molecular flexibility index (Phi) is 8.39. The number of carbonyl (C=O) groups excluding carboxylic acids is 1. The van der Waals surface area contributed by atoms with Gasteiger partial charge in [-0.05, 0) is 68.5 Å². The Bertz CT molecular complexity index is 1370. The number of hydrogen-bond donors (Lipinski definition) is 1. The first-order valence-electron chi connectivity index (χ1n) is 12.1. The van der Waals surface area contributed by atoms with E-state index in [1.165, 1.54) is 24.3 Å². The average molecular weight is 546 g/mol. The second kappa shape index (κ2) is 11.5. The third kappa shape index (κ3) is 7.02. The molecule has 6 nitrogen and oxygen atoms in total. The summed E-state index contributed by atoms with van der Waals surface area (Å²) in [4.78, 5) is 12.4. The Morgan fingerprint density at radius 3 is 2.30 bits per heavy atom. The molecule has 1 saturated carbocycles. The first-order valence-corrected chi connectivity index (χ1v) is 14.0. The van der Waals surface area contributed by atoms with Gasteiger partial charge in [-0.2, -0.15) is 0 Å². The van der Waals surface area contributed by atoms with E-state index in [1.54, 1.807) is 0 Å². The van der Waals surface area contributed by atoms with Crippen molar-refractivity contribution in [1.29, 1.82) is 0 Å². The second-order valence-corrected chi connectivity index (χ2v) is 11.5. The van der Waals surface area contributed by atoms with Gasteiger partial charge in [0.05, 0.1) is 22.1 Å². The summed E-state index contributed by atoms with van der Waals surface area (Å²) in [5.74, 6) is -1.06. The molecule has 37 heavy (non-hydrogen) atoms. The van der Waals surface area contributed by atoms with Gasteiger partial charge in [-0.15, -0.1) is 0 Å². The molecule has 9 heteroatoms. The van der Waals surface area contributed by atoms with Crippen LogP contribution in [0.4, 0.5) is 4.39 Å². The quantitative estimate of drug-likeness (QED) is 0.338. The van der Waals surface area contributed by atoms with E-state index in [-0.39, 0.29) is 15.7 Å². The summed E-state index contributed by atoms with van der Waals surface area (Å²) in [5, 5.41) is 0.0345. The number of sulfonamides is 1. The highest BCUT2D eigenvalue weighted by Crippen LogP contribution is 2.31. The maximum atomic E-state index is 14.7. The number of rotatable bonds is 9. The fraction of sp³-hybridized carbons (Fsp3) is 0.321. The van der Waals surface area contributed by atoms with E-state index >= 15 is 0 Å². The summed E-state index contributed by atoms with van der Waals surface area (Å²) >= 11 is 6.19. The van der Waals surface area contributed by atoms with Crippen LogP contribution in [-0.2, 0) is 16.6 Å². The number of aryl methyl sites for hydroxylation is 2. The Labute approximate surface area is 221 Å². The van der Waals surface area contributed by atoms with Crippen molar-refractivity contribution in [3.8, 4) is 11.5 Å². The maximum absolute atomic E-state index is 14.7. The Morgan fingerprint density at radius 2 is 1.65 bits per heavy atom. The number of nitrogens with one attached hydrogen (secondary N) is 1. The topological polar surface area (TPSA) is 81.7 Å². The first-order chi connectivity index (χ1) is 17.6. The van der Waals surface area contributed by atoms with Gasteiger partial charge in [0.25, 0.3) is 15.9 Å². The molecule has 0 aliphatic heterocycles. The molecule has 0 unspecified atom stereocenters. The van der Waals surface area contributed by atoms with Crippen molar-refractivity contribution in [2.45, 2.75) is 51.0 Å². The molecular weight excluding hydrogens is 517 g/mol. The molecule has 1 aliphatic rings. The van der Waals surface area contributed by atoms with E-state index in [4.69, 9.17) is 21.1 Å². The van der Waals surface area contributed by atoms with Gasteiger partial charge in [0, 0.05) is 6.07 Å². The standard InChI is InChI=1S/C28H29ClFNO5S/c1-18-11-19(2)13-21(12-18)17-35-22-7-9-23(10-8-22)37(33,34)31-28(32)24-14-25(29)27(15-26(24)30)36-16-20-5-3-4-6-20/h7-15,20H,3-6,16-17H2,1-2H3,(H,31,32). The number of halogens is 2. The Hall–Kier alpha value is -3.10. The zero-order chi connectivity index (χ0) is 26.6. The summed E-state index contributed by atoms with van der Waals surface area (Å²) in [6.07, 6.45) is 4.40. The number of hydrogen-bond acceptors (Lipinski definition) is 5. The van der Waals surface area contributed by atoms with Gasteiger partial charge >= 0.3 is 0 Å². The highest BCUT2D eigenvalue weighted by molar-refractivity contribution is 7.90. The fourth-order valence-electron chi connectivity index (χ4n) is 4.47. The third-order valence-corrected chi connectivity index (χ3v) is 7.91. The first kappa shape index (κ1) is 26.9. The Morgan fingerprint density at radius 1 is 1.00 bits per heavy atom. The summed E-state index contributed by atoms with van der Waals surface area (Å²) in [6, 6.07) is 13.8. The minimum Gasteiger partial charge on any atom is -0.492 e. The molecule has 0 bridgehead atoms. The SMILES string of the molecule is Cc1cc(C)cc(COc2ccc(S(=O)(=O)NC(=O)c3cc(Cl)c(OCC4CCCC4)cc3F)cc2)c1. The van der Waals surface area contributed by atoms with Gasteiger partial charge in [0.15, 0.2) is 0 Å². The summed E-state index contributed by atoms with van der Waals surface area (Å²) in [6.45, 7) is 4.75. The van der Waals surface area contributed by atoms with Crippen molar-refractivity contribution >= 4 is 27.5 Å². The van der Waals surface area contributed by atoms with E-state index in [9.17, 15) is 17.6 Å². The molecule has 1 amide bonds. The van der Waals surface area contributed by atoms with Crippen LogP contribution in [0.3, 0.4) is 0 Å². The molecule has 3 aromatic carbocycles. The molecule has 0 aromatic heterocycles. The molecule has 1 N–H and O–H groups in total. The van der Waals surface area contributed by atoms with Gasteiger partial charge in [-0.3, -0.25) is 4.79 Å². The molecule has 4 rings (SSSR count). The summed E-state index contributed by atoms with van der Waals surface area (Å²) in [5.41, 5.74) is 2.76. The molecule has 0 spiro atoms. The van der Waals surface area contributed by atoms with Crippen LogP contribution in [0, 0.1) is 25.6 Å². The molecular formula is C28H29ClFNO5S. The molecule has 1 fully saturated rings. The molecule has 0 saturated heterocycles. The largest absolute Gasteiger partial charge is 0.492 e. The van der Waals surface area contributed by atoms with Crippen molar-refractivity contribution in [2.24, 2.45) is 5.92 Å². The number of carbonyl (C=O) groups is 1. The molecule has 1 aliphatic carbocycles. The van der Waals surface area contributed by atoms with Crippen LogP contribution >= 0.6 is 11.6 Å². The van der Waals surface area contributed by atoms with E-state index < -0.39 is 27.3 Å². The third-order valence-electron chi connectivity index (χ3n) is 6.26. The fourth-order valence-corrected chi connectivity index (χ4v) is 5.65. The molecule has 0 heterocycles. The van der Waals surface area contributed by atoms with E-state index in [0.29, 0.717) is 24.9 Å². The highest BCUT2D eigenvalue weighted by atomic mass is 35.5. The van der Waals surface area contributed by atoms with Crippen LogP contribution in [0.15, 0.2) is 59.5 Å². The van der Waals surface area contributed by atoms with Crippen molar-refractivity contribution in [1.82, 2.24) is 4.72 Å². The minimum absolute atomic E-state index is 0.0345. The van der Waals surface area contributed by atoms with Crippen LogP contribution in [0.1, 0.15) is 52.7 Å². The lowest BCUT2D eigenvalue weighted by Gasteiger charge is -2.14. The van der Waals surface area contributed by atoms with Gasteiger partial charge < -0.3 is 9.47 Å². The monoisotopic (exact) mass is 545 g/mol. The van der Waals surface area contributed by atoms with Gasteiger partial charge in [0.2, 0.25) is 0 Å². The zero-order valence-electron chi connectivity index (χ0n) is 20.7. The lowest BCUT2D eigenvalue weighted by Crippen LogP contribution is -2.31. The average Bonchev–Trinajstić information content (AvgIpc) is 3.36. The predicted octanol–water partition coefficient (Wildman–Crippen LogP) is 6.36. The van der Waals surface area contributed by atoms with Crippen LogP contribution < -0.4 is 14.2 Å². The van der Waals surface area contributed by atoms with Gasteiger partial charge in [-0.25, -0.2) is 17.5 Å². The lowest BCUT2D eigenvalue weighted by atomic mass is 10.1. The van der Waals surface area contributed by atoms with Crippen molar-refractivity contribution in [2.75, 3.05) is 6.61 Å². The Balaban J connectivity index is 1.39. The molecule has 0 radical (unpaired) electrons. The lowest BCUT2D eigenvalue weighted by molar-refractivity contribution is 0.0977. The van der Waals surface area contributed by atoms with E-state index in [2.05, 4.69) is 6.07 Å². The maximum Gasteiger partial charge on any atom is 0.268 e. The van der Waals surface area contributed by atoms with E-state index in [0.717, 1.165) is 54.5 Å². The number of amides is 1. The second-order valence-electron chi connectivity index (χ2n) is 9.41. The molecule has 0 atom stereocenters. The van der Waals surface area contributed by atoms with Gasteiger partial charge in [-0.1, -0.05) is 53.8 Å². The predicted molar refractivity (Wildman–Crippen MR) is 140 cm³/mol. The highest BCUT2D eigenvalue weighted by Gasteiger charge is 2.23. The van der Waals surface area contributed by atoms with Crippen molar-refractivity contribution in [3.63, 3.8) is 0 Å².